The van der Waals surface area contributed by atoms with E-state index in [1.807, 2.05) is 0 Å². The summed E-state index contributed by atoms with van der Waals surface area (Å²) in [6.45, 7) is 5.67. The minimum atomic E-state index is -4.49. The zero-order chi connectivity index (χ0) is 25.7. The van der Waals surface area contributed by atoms with Gasteiger partial charge in [0.05, 0.1) is 17.1 Å². The molecule has 3 aliphatic rings. The highest BCUT2D eigenvalue weighted by Gasteiger charge is 2.56. The predicted molar refractivity (Wildman–Crippen MR) is 131 cm³/mol. The molecule has 0 bridgehead atoms. The van der Waals surface area contributed by atoms with Crippen LogP contribution < -0.4 is 5.32 Å². The molecule has 8 heteroatoms. The van der Waals surface area contributed by atoms with E-state index >= 15 is 0 Å². The lowest BCUT2D eigenvalue weighted by Crippen LogP contribution is -2.63. The van der Waals surface area contributed by atoms with Gasteiger partial charge >= 0.3 is 6.18 Å². The van der Waals surface area contributed by atoms with Crippen LogP contribution in [0.4, 0.5) is 13.2 Å². The number of allylic oxidation sites excluding steroid dienone is 1. The number of fused-ring (bicyclic) bond motifs is 2. The summed E-state index contributed by atoms with van der Waals surface area (Å²) >= 11 is 0. The van der Waals surface area contributed by atoms with Gasteiger partial charge in [-0.3, -0.25) is 14.7 Å². The van der Waals surface area contributed by atoms with Crippen LogP contribution in [0.5, 0.6) is 0 Å². The number of alkyl halides is 3. The molecular formula is C28H32F3N3O2. The summed E-state index contributed by atoms with van der Waals surface area (Å²) < 4.78 is 38.9. The number of hydrogen-bond donors (Lipinski definition) is 2. The summed E-state index contributed by atoms with van der Waals surface area (Å²) in [4.78, 5) is 19.2. The second kappa shape index (κ2) is 8.99. The molecule has 3 atom stereocenters. The van der Waals surface area contributed by atoms with Crippen LogP contribution in [0.1, 0.15) is 55.4 Å². The van der Waals surface area contributed by atoms with E-state index in [1.54, 1.807) is 6.92 Å². The van der Waals surface area contributed by atoms with Crippen molar-refractivity contribution in [2.75, 3.05) is 13.1 Å². The number of piperidine rings is 1. The van der Waals surface area contributed by atoms with Crippen molar-refractivity contribution >= 4 is 12.0 Å². The van der Waals surface area contributed by atoms with Crippen LogP contribution in [0.2, 0.25) is 0 Å². The van der Waals surface area contributed by atoms with Crippen LogP contribution in [-0.2, 0) is 22.9 Å². The molecule has 5 rings (SSSR count). The molecular weight excluding hydrogens is 467 g/mol. The maximum absolute atomic E-state index is 13.1. The average molecular weight is 500 g/mol. The van der Waals surface area contributed by atoms with E-state index in [0.29, 0.717) is 18.8 Å². The van der Waals surface area contributed by atoms with Crippen LogP contribution in [0.15, 0.2) is 48.8 Å². The second-order valence-electron chi connectivity index (χ2n) is 10.8. The topological polar surface area (TPSA) is 65.5 Å². The fraction of sp³-hybridized carbons (Fsp3) is 0.500. The van der Waals surface area contributed by atoms with Gasteiger partial charge in [-0.1, -0.05) is 43.3 Å². The van der Waals surface area contributed by atoms with Crippen LogP contribution >= 0.6 is 0 Å². The standard InChI is InChI=1S/C28H32F3N3O2/c1-18-17-34(10-9-26(18)8-7-21-5-3-4-6-24(21)26)23-12-27(13-23,19(2)35)25(36)33-15-20-11-22(16-32-14-20)28(29,30)31/h3-8,11,14,16,18-19,23,35H,9-10,12-13,15,17H2,1-2H3,(H,33,36)/t18-,19?,23?,26?,27?/m0/s1. The summed E-state index contributed by atoms with van der Waals surface area (Å²) in [6.07, 6.45) is 3.39. The summed E-state index contributed by atoms with van der Waals surface area (Å²) in [7, 11) is 0. The third-order valence-electron chi connectivity index (χ3n) is 8.77. The minimum Gasteiger partial charge on any atom is -0.392 e. The Hall–Kier alpha value is -2.71. The van der Waals surface area contributed by atoms with E-state index in [2.05, 4.69) is 58.5 Å². The van der Waals surface area contributed by atoms with Crippen molar-refractivity contribution in [3.8, 4) is 0 Å². The zero-order valence-electron chi connectivity index (χ0n) is 20.6. The van der Waals surface area contributed by atoms with Gasteiger partial charge in [-0.05, 0) is 61.4 Å². The Kier molecular flexibility index (Phi) is 6.24. The molecule has 1 saturated heterocycles. The summed E-state index contributed by atoms with van der Waals surface area (Å²) in [5.74, 6) is 0.0929. The first-order valence-electron chi connectivity index (χ1n) is 12.6. The van der Waals surface area contributed by atoms with Crippen LogP contribution in [0.25, 0.3) is 6.08 Å². The highest BCUT2D eigenvalue weighted by atomic mass is 19.4. The van der Waals surface area contributed by atoms with Gasteiger partial charge in [-0.25, -0.2) is 0 Å². The molecule has 1 amide bonds. The number of pyridine rings is 1. The van der Waals surface area contributed by atoms with Crippen molar-refractivity contribution in [3.05, 3.63) is 71.1 Å². The van der Waals surface area contributed by atoms with Crippen molar-refractivity contribution in [3.63, 3.8) is 0 Å². The number of aliphatic hydroxyl groups excluding tert-OH is 1. The zero-order valence-corrected chi connectivity index (χ0v) is 20.6. The SMILES string of the molecule is CC(O)C1(C(=O)NCc2cncc(C(F)(F)F)c2)CC(N2CCC3(C=Cc4ccccc43)[C@@H](C)C2)C1. The van der Waals surface area contributed by atoms with Crippen molar-refractivity contribution in [1.82, 2.24) is 15.2 Å². The molecule has 1 saturated carbocycles. The Balaban J connectivity index is 1.21. The molecule has 192 valence electrons. The third-order valence-corrected chi connectivity index (χ3v) is 8.77. The molecule has 2 aromatic rings. The van der Waals surface area contributed by atoms with E-state index in [0.717, 1.165) is 31.8 Å². The Bertz CT molecular complexity index is 1170. The molecule has 1 spiro atoms. The number of amides is 1. The third kappa shape index (κ3) is 4.14. The number of nitrogens with one attached hydrogen (secondary N) is 1. The number of rotatable bonds is 5. The average Bonchev–Trinajstić information content (AvgIpc) is 3.18. The number of nitrogens with zero attached hydrogens (tertiary/aromatic N) is 2. The highest BCUT2D eigenvalue weighted by molar-refractivity contribution is 5.84. The monoisotopic (exact) mass is 499 g/mol. The van der Waals surface area contributed by atoms with Gasteiger partial charge in [0.2, 0.25) is 5.91 Å². The lowest BCUT2D eigenvalue weighted by atomic mass is 9.60. The van der Waals surface area contributed by atoms with E-state index in [1.165, 1.54) is 17.3 Å². The van der Waals surface area contributed by atoms with Gasteiger partial charge in [0.25, 0.3) is 0 Å². The quantitative estimate of drug-likeness (QED) is 0.634. The largest absolute Gasteiger partial charge is 0.417 e. The molecule has 5 nitrogen and oxygen atoms in total. The molecule has 36 heavy (non-hydrogen) atoms. The van der Waals surface area contributed by atoms with E-state index in [-0.39, 0.29) is 29.5 Å². The molecule has 2 fully saturated rings. The lowest BCUT2D eigenvalue weighted by Gasteiger charge is -2.55. The second-order valence-corrected chi connectivity index (χ2v) is 10.8. The number of hydrogen-bond acceptors (Lipinski definition) is 4. The molecule has 1 aliphatic heterocycles. The first-order valence-corrected chi connectivity index (χ1v) is 12.6. The Labute approximate surface area is 209 Å². The number of carbonyl (C=O) groups is 1. The van der Waals surface area contributed by atoms with Gasteiger partial charge in [0.15, 0.2) is 0 Å². The Morgan fingerprint density at radius 1 is 1.28 bits per heavy atom. The fourth-order valence-corrected chi connectivity index (χ4v) is 6.41. The van der Waals surface area contributed by atoms with E-state index in [9.17, 15) is 23.1 Å². The van der Waals surface area contributed by atoms with E-state index in [4.69, 9.17) is 0 Å². The van der Waals surface area contributed by atoms with Gasteiger partial charge in [0.1, 0.15) is 0 Å². The smallest absolute Gasteiger partial charge is 0.392 e. The molecule has 1 aromatic heterocycles. The van der Waals surface area contributed by atoms with Crippen LogP contribution in [-0.4, -0.2) is 46.1 Å². The Morgan fingerprint density at radius 3 is 2.72 bits per heavy atom. The fourth-order valence-electron chi connectivity index (χ4n) is 6.41. The van der Waals surface area contributed by atoms with Crippen LogP contribution in [0, 0.1) is 11.3 Å². The molecule has 2 N–H and O–H groups in total. The number of benzene rings is 1. The van der Waals surface area contributed by atoms with Gasteiger partial charge in [-0.15, -0.1) is 0 Å². The van der Waals surface area contributed by atoms with Crippen molar-refractivity contribution in [2.45, 2.75) is 63.4 Å². The number of likely N-dealkylation sites (tertiary alicyclic amines) is 1. The predicted octanol–water partition coefficient (Wildman–Crippen LogP) is 4.55. The molecule has 0 radical (unpaired) electrons. The minimum absolute atomic E-state index is 0.0502. The number of aliphatic hydroxyl groups is 1. The Morgan fingerprint density at radius 2 is 2.03 bits per heavy atom. The summed E-state index contributed by atoms with van der Waals surface area (Å²) in [5, 5.41) is 13.3. The number of aromatic nitrogens is 1. The van der Waals surface area contributed by atoms with Gasteiger partial charge in [-0.2, -0.15) is 13.2 Å². The van der Waals surface area contributed by atoms with Gasteiger partial charge in [0, 0.05) is 36.9 Å². The van der Waals surface area contributed by atoms with E-state index < -0.39 is 23.3 Å². The summed E-state index contributed by atoms with van der Waals surface area (Å²) in [6, 6.07) is 9.75. The molecule has 2 unspecified atom stereocenters. The van der Waals surface area contributed by atoms with Crippen molar-refractivity contribution < 1.29 is 23.1 Å². The molecule has 2 aliphatic carbocycles. The normalized spacial score (nSPS) is 30.6. The first-order chi connectivity index (χ1) is 17.0. The number of carbonyl (C=O) groups excluding carboxylic acids is 1. The van der Waals surface area contributed by atoms with Crippen LogP contribution in [0.3, 0.4) is 0 Å². The summed E-state index contributed by atoms with van der Waals surface area (Å²) in [5.41, 5.74) is 1.23. The maximum atomic E-state index is 13.1. The first kappa shape index (κ1) is 25.0. The maximum Gasteiger partial charge on any atom is 0.417 e. The van der Waals surface area contributed by atoms with Crippen molar-refractivity contribution in [2.24, 2.45) is 11.3 Å². The highest BCUT2D eigenvalue weighted by Crippen LogP contribution is 2.51. The molecule has 2 heterocycles. The number of halogens is 3. The molecule has 1 aromatic carbocycles. The van der Waals surface area contributed by atoms with Gasteiger partial charge < -0.3 is 10.4 Å². The van der Waals surface area contributed by atoms with Crippen molar-refractivity contribution in [1.29, 1.82) is 0 Å². The lowest BCUT2D eigenvalue weighted by molar-refractivity contribution is -0.155.